The number of carbonyl (C=O) groups excluding carboxylic acids is 3. The largest absolute Gasteiger partial charge is 0.368 e. The molecule has 31 heavy (non-hydrogen) atoms. The van der Waals surface area contributed by atoms with Gasteiger partial charge in [-0.3, -0.25) is 19.1 Å². The number of rotatable bonds is 9. The Morgan fingerprint density at radius 3 is 2.29 bits per heavy atom. The molecular weight excluding hydrogens is 394 g/mol. The summed E-state index contributed by atoms with van der Waals surface area (Å²) in [6, 6.07) is 16.7. The number of amides is 3. The zero-order chi connectivity index (χ0) is 22.2. The Kier molecular flexibility index (Phi) is 7.16. The van der Waals surface area contributed by atoms with Crippen LogP contribution in [0.25, 0.3) is 0 Å². The Morgan fingerprint density at radius 1 is 0.935 bits per heavy atom. The second-order valence-electron chi connectivity index (χ2n) is 7.03. The lowest BCUT2D eigenvalue weighted by Gasteiger charge is -2.09. The van der Waals surface area contributed by atoms with Crippen LogP contribution in [-0.2, 0) is 24.3 Å². The molecule has 0 fully saturated rings. The molecule has 0 bridgehead atoms. The average molecular weight is 419 g/mol. The van der Waals surface area contributed by atoms with E-state index in [1.165, 1.54) is 0 Å². The van der Waals surface area contributed by atoms with Gasteiger partial charge in [0.2, 0.25) is 5.91 Å². The average Bonchev–Trinajstić information content (AvgIpc) is 3.19. The van der Waals surface area contributed by atoms with E-state index in [1.54, 1.807) is 30.5 Å². The van der Waals surface area contributed by atoms with Gasteiger partial charge in [0.15, 0.2) is 0 Å². The lowest BCUT2D eigenvalue weighted by atomic mass is 10.1. The van der Waals surface area contributed by atoms with Crippen molar-refractivity contribution in [2.75, 3.05) is 6.54 Å². The third kappa shape index (κ3) is 5.79. The fourth-order valence-corrected chi connectivity index (χ4v) is 3.19. The van der Waals surface area contributed by atoms with Crippen LogP contribution in [0.15, 0.2) is 60.8 Å². The highest BCUT2D eigenvalue weighted by atomic mass is 16.2. The van der Waals surface area contributed by atoms with Gasteiger partial charge in [0.25, 0.3) is 11.8 Å². The molecule has 0 unspecified atom stereocenters. The van der Waals surface area contributed by atoms with E-state index >= 15 is 0 Å². The first-order valence-electron chi connectivity index (χ1n) is 10.00. The number of nitrogens with two attached hydrogens (primary N) is 1. The Bertz CT molecular complexity index is 1060. The number of benzene rings is 2. The van der Waals surface area contributed by atoms with Crippen molar-refractivity contribution in [2.45, 2.75) is 26.4 Å². The summed E-state index contributed by atoms with van der Waals surface area (Å²) in [7, 11) is 0. The van der Waals surface area contributed by atoms with Gasteiger partial charge in [0.05, 0.1) is 30.5 Å². The number of primary amides is 1. The molecule has 0 radical (unpaired) electrons. The lowest BCUT2D eigenvalue weighted by molar-refractivity contribution is -0.117. The van der Waals surface area contributed by atoms with Crippen LogP contribution in [0.3, 0.4) is 0 Å². The third-order valence-corrected chi connectivity index (χ3v) is 4.80. The maximum absolute atomic E-state index is 12.7. The Balaban J connectivity index is 1.60. The predicted octanol–water partition coefficient (Wildman–Crippen LogP) is 1.64. The molecular formula is C23H25N5O3. The molecule has 0 spiro atoms. The summed E-state index contributed by atoms with van der Waals surface area (Å²) >= 11 is 0. The van der Waals surface area contributed by atoms with E-state index < -0.39 is 5.91 Å². The van der Waals surface area contributed by atoms with E-state index in [4.69, 9.17) is 5.73 Å². The summed E-state index contributed by atoms with van der Waals surface area (Å²) in [6.07, 6.45) is 2.29. The van der Waals surface area contributed by atoms with Crippen LogP contribution >= 0.6 is 0 Å². The summed E-state index contributed by atoms with van der Waals surface area (Å²) < 4.78 is 1.85. The second kappa shape index (κ2) is 10.2. The monoisotopic (exact) mass is 419 g/mol. The van der Waals surface area contributed by atoms with Crippen molar-refractivity contribution in [1.82, 2.24) is 20.4 Å². The molecule has 0 aliphatic rings. The van der Waals surface area contributed by atoms with Crippen LogP contribution in [0, 0.1) is 0 Å². The first-order chi connectivity index (χ1) is 15.0. The quantitative estimate of drug-likeness (QED) is 0.488. The first-order valence-corrected chi connectivity index (χ1v) is 10.00. The van der Waals surface area contributed by atoms with Crippen LogP contribution in [0.2, 0.25) is 0 Å². The van der Waals surface area contributed by atoms with Crippen LogP contribution < -0.4 is 16.4 Å². The molecule has 8 nitrogen and oxygen atoms in total. The number of hydrogen-bond acceptors (Lipinski definition) is 4. The van der Waals surface area contributed by atoms with Gasteiger partial charge in [-0.25, -0.2) is 0 Å². The molecule has 0 saturated carbocycles. The van der Waals surface area contributed by atoms with Gasteiger partial charge < -0.3 is 16.4 Å². The molecule has 0 aliphatic carbocycles. The number of hydrogen-bond donors (Lipinski definition) is 3. The molecule has 3 aromatic rings. The first kappa shape index (κ1) is 21.8. The molecule has 2 aromatic carbocycles. The molecule has 3 amide bonds. The van der Waals surface area contributed by atoms with Gasteiger partial charge in [0, 0.05) is 12.1 Å². The van der Waals surface area contributed by atoms with Crippen molar-refractivity contribution >= 4 is 17.7 Å². The van der Waals surface area contributed by atoms with E-state index in [2.05, 4.69) is 15.7 Å². The van der Waals surface area contributed by atoms with Crippen molar-refractivity contribution in [1.29, 1.82) is 0 Å². The molecule has 0 atom stereocenters. The van der Waals surface area contributed by atoms with Crippen LogP contribution in [0.5, 0.6) is 0 Å². The maximum Gasteiger partial charge on any atom is 0.255 e. The second-order valence-corrected chi connectivity index (χ2v) is 7.03. The zero-order valence-corrected chi connectivity index (χ0v) is 17.3. The lowest BCUT2D eigenvalue weighted by Crippen LogP contribution is -2.33. The zero-order valence-electron chi connectivity index (χ0n) is 17.3. The molecule has 1 aromatic heterocycles. The normalized spacial score (nSPS) is 10.5. The van der Waals surface area contributed by atoms with E-state index in [0.717, 1.165) is 16.8 Å². The minimum Gasteiger partial charge on any atom is -0.368 e. The molecule has 3 rings (SSSR count). The van der Waals surface area contributed by atoms with Crippen molar-refractivity contribution in [3.05, 3.63) is 88.7 Å². The SMILES string of the molecule is CCc1c(C(=O)NCc2ccc(C(=O)NCC(N)=O)cc2)cnn1Cc1ccccc1. The van der Waals surface area contributed by atoms with Crippen LogP contribution in [-0.4, -0.2) is 34.0 Å². The van der Waals surface area contributed by atoms with Gasteiger partial charge in [-0.15, -0.1) is 0 Å². The Labute approximate surface area is 180 Å². The molecule has 0 aliphatic heterocycles. The Hall–Kier alpha value is -3.94. The fraction of sp³-hybridized carbons (Fsp3) is 0.217. The van der Waals surface area contributed by atoms with Gasteiger partial charge in [-0.05, 0) is 29.7 Å². The summed E-state index contributed by atoms with van der Waals surface area (Å²) in [6.45, 7) is 2.71. The van der Waals surface area contributed by atoms with Gasteiger partial charge in [-0.1, -0.05) is 49.4 Å². The number of aromatic nitrogens is 2. The number of nitrogens with one attached hydrogen (secondary N) is 2. The summed E-state index contributed by atoms with van der Waals surface area (Å²) in [5.74, 6) is -1.18. The minimum absolute atomic E-state index is 0.195. The highest BCUT2D eigenvalue weighted by molar-refractivity contribution is 5.96. The smallest absolute Gasteiger partial charge is 0.255 e. The topological polar surface area (TPSA) is 119 Å². The number of carbonyl (C=O) groups is 3. The molecule has 160 valence electrons. The predicted molar refractivity (Wildman–Crippen MR) is 116 cm³/mol. The van der Waals surface area contributed by atoms with E-state index in [9.17, 15) is 14.4 Å². The van der Waals surface area contributed by atoms with Crippen LogP contribution in [0.1, 0.15) is 44.5 Å². The van der Waals surface area contributed by atoms with Crippen molar-refractivity contribution < 1.29 is 14.4 Å². The van der Waals surface area contributed by atoms with E-state index in [0.29, 0.717) is 30.6 Å². The molecule has 1 heterocycles. The van der Waals surface area contributed by atoms with Crippen molar-refractivity contribution in [3.8, 4) is 0 Å². The van der Waals surface area contributed by atoms with Gasteiger partial charge >= 0.3 is 0 Å². The highest BCUT2D eigenvalue weighted by Crippen LogP contribution is 2.13. The van der Waals surface area contributed by atoms with E-state index in [1.807, 2.05) is 41.9 Å². The fourth-order valence-electron chi connectivity index (χ4n) is 3.19. The molecule has 4 N–H and O–H groups in total. The van der Waals surface area contributed by atoms with E-state index in [-0.39, 0.29) is 18.4 Å². The standard InChI is InChI=1S/C23H25N5O3/c1-2-20-19(13-27-28(20)15-17-6-4-3-5-7-17)23(31)25-12-16-8-10-18(11-9-16)22(30)26-14-21(24)29/h3-11,13H,2,12,14-15H2,1H3,(H2,24,29)(H,25,31)(H,26,30). The molecule has 8 heteroatoms. The Morgan fingerprint density at radius 2 is 1.65 bits per heavy atom. The van der Waals surface area contributed by atoms with Crippen LogP contribution in [0.4, 0.5) is 0 Å². The third-order valence-electron chi connectivity index (χ3n) is 4.80. The van der Waals surface area contributed by atoms with Crippen molar-refractivity contribution in [3.63, 3.8) is 0 Å². The summed E-state index contributed by atoms with van der Waals surface area (Å²) in [4.78, 5) is 35.4. The summed E-state index contributed by atoms with van der Waals surface area (Å²) in [5, 5.41) is 9.73. The van der Waals surface area contributed by atoms with Gasteiger partial charge in [-0.2, -0.15) is 5.10 Å². The minimum atomic E-state index is -0.605. The van der Waals surface area contributed by atoms with Crippen molar-refractivity contribution in [2.24, 2.45) is 5.73 Å². The van der Waals surface area contributed by atoms with Gasteiger partial charge in [0.1, 0.15) is 0 Å². The number of nitrogens with zero attached hydrogens (tertiary/aromatic N) is 2. The highest BCUT2D eigenvalue weighted by Gasteiger charge is 2.16. The summed E-state index contributed by atoms with van der Waals surface area (Å²) in [5.41, 5.74) is 8.82. The molecule has 0 saturated heterocycles. The maximum atomic E-state index is 12.7.